The zero-order chi connectivity index (χ0) is 20.3. The van der Waals surface area contributed by atoms with Crippen molar-refractivity contribution >= 4 is 11.6 Å². The molecule has 3 rings (SSSR count). The first-order chi connectivity index (χ1) is 13.4. The van der Waals surface area contributed by atoms with Gasteiger partial charge in [-0.3, -0.25) is 23.6 Å². The number of furan rings is 1. The van der Waals surface area contributed by atoms with Crippen LogP contribution in [0.15, 0.2) is 62.7 Å². The number of nitrogen functional groups attached to an aromatic ring is 1. The molecule has 0 aliphatic heterocycles. The Labute approximate surface area is 161 Å². The minimum absolute atomic E-state index is 0.0380. The molecular weight excluding hydrogens is 360 g/mol. The number of carbonyl (C=O) groups is 1. The Bertz CT molecular complexity index is 1080. The van der Waals surface area contributed by atoms with Crippen LogP contribution in [0, 0.1) is 0 Å². The fraction of sp³-hybridized carbons (Fsp3) is 0.250. The zero-order valence-corrected chi connectivity index (χ0v) is 15.8. The van der Waals surface area contributed by atoms with Crippen molar-refractivity contribution in [2.75, 3.05) is 19.3 Å². The molecule has 0 radical (unpaired) electrons. The van der Waals surface area contributed by atoms with Gasteiger partial charge < -0.3 is 10.2 Å². The second-order valence-corrected chi connectivity index (χ2v) is 6.65. The molecule has 0 aliphatic rings. The SMILES string of the molecule is CN(CC(=O)c1c(N)n(Cc2ccccc2)c(=O)n(C)c1=O)Cc1ccco1. The van der Waals surface area contributed by atoms with Gasteiger partial charge in [0.2, 0.25) is 0 Å². The normalized spacial score (nSPS) is 11.1. The highest BCUT2D eigenvalue weighted by molar-refractivity contribution is 6.01. The molecule has 1 aromatic carbocycles. The van der Waals surface area contributed by atoms with Gasteiger partial charge in [0, 0.05) is 7.05 Å². The number of aromatic nitrogens is 2. The third-order valence-corrected chi connectivity index (χ3v) is 4.47. The van der Waals surface area contributed by atoms with E-state index in [4.69, 9.17) is 10.2 Å². The Balaban J connectivity index is 1.92. The molecule has 0 saturated heterocycles. The Morgan fingerprint density at radius 1 is 1.14 bits per heavy atom. The first kappa shape index (κ1) is 19.4. The van der Waals surface area contributed by atoms with E-state index in [1.54, 1.807) is 30.3 Å². The van der Waals surface area contributed by atoms with Crippen molar-refractivity contribution in [3.05, 3.63) is 86.5 Å². The molecule has 2 N–H and O–H groups in total. The van der Waals surface area contributed by atoms with Gasteiger partial charge in [-0.05, 0) is 24.7 Å². The van der Waals surface area contributed by atoms with Crippen LogP contribution in [0.5, 0.6) is 0 Å². The largest absolute Gasteiger partial charge is 0.468 e. The molecule has 8 nitrogen and oxygen atoms in total. The third kappa shape index (κ3) is 3.96. The molecule has 0 spiro atoms. The number of hydrogen-bond acceptors (Lipinski definition) is 6. The summed E-state index contributed by atoms with van der Waals surface area (Å²) in [5, 5.41) is 0. The van der Waals surface area contributed by atoms with Crippen molar-refractivity contribution < 1.29 is 9.21 Å². The predicted octanol–water partition coefficient (Wildman–Crippen LogP) is 1.09. The molecule has 3 aromatic rings. The monoisotopic (exact) mass is 382 g/mol. The Morgan fingerprint density at radius 2 is 1.86 bits per heavy atom. The maximum Gasteiger partial charge on any atom is 0.332 e. The molecule has 2 heterocycles. The molecule has 28 heavy (non-hydrogen) atoms. The first-order valence-corrected chi connectivity index (χ1v) is 8.76. The molecule has 0 aliphatic carbocycles. The summed E-state index contributed by atoms with van der Waals surface area (Å²) in [5.74, 6) is 0.132. The van der Waals surface area contributed by atoms with E-state index in [9.17, 15) is 14.4 Å². The van der Waals surface area contributed by atoms with Crippen LogP contribution in [-0.4, -0.2) is 33.4 Å². The van der Waals surface area contributed by atoms with Crippen molar-refractivity contribution in [2.45, 2.75) is 13.1 Å². The summed E-state index contributed by atoms with van der Waals surface area (Å²) in [4.78, 5) is 39.6. The highest BCUT2D eigenvalue weighted by Crippen LogP contribution is 2.11. The summed E-state index contributed by atoms with van der Waals surface area (Å²) in [7, 11) is 3.08. The van der Waals surface area contributed by atoms with Gasteiger partial charge in [-0.15, -0.1) is 0 Å². The van der Waals surface area contributed by atoms with Crippen molar-refractivity contribution in [1.82, 2.24) is 14.0 Å². The van der Waals surface area contributed by atoms with Gasteiger partial charge >= 0.3 is 5.69 Å². The quantitative estimate of drug-likeness (QED) is 0.614. The molecule has 8 heteroatoms. The summed E-state index contributed by atoms with van der Waals surface area (Å²) in [6, 6.07) is 12.8. The number of ketones is 1. The number of rotatable bonds is 7. The fourth-order valence-electron chi connectivity index (χ4n) is 3.01. The van der Waals surface area contributed by atoms with E-state index in [1.165, 1.54) is 11.6 Å². The molecule has 0 atom stereocenters. The molecule has 0 fully saturated rings. The van der Waals surface area contributed by atoms with Crippen LogP contribution in [0.3, 0.4) is 0 Å². The smallest absolute Gasteiger partial charge is 0.332 e. The zero-order valence-electron chi connectivity index (χ0n) is 15.8. The van der Waals surface area contributed by atoms with Crippen LogP contribution >= 0.6 is 0 Å². The van der Waals surface area contributed by atoms with E-state index in [0.717, 1.165) is 10.1 Å². The van der Waals surface area contributed by atoms with Crippen molar-refractivity contribution in [1.29, 1.82) is 0 Å². The number of carbonyl (C=O) groups excluding carboxylic acids is 1. The van der Waals surface area contributed by atoms with Crippen molar-refractivity contribution in [2.24, 2.45) is 7.05 Å². The van der Waals surface area contributed by atoms with E-state index in [2.05, 4.69) is 0 Å². The van der Waals surface area contributed by atoms with E-state index in [0.29, 0.717) is 12.3 Å². The van der Waals surface area contributed by atoms with Crippen LogP contribution < -0.4 is 17.0 Å². The summed E-state index contributed by atoms with van der Waals surface area (Å²) < 4.78 is 7.43. The second kappa shape index (κ2) is 8.10. The molecule has 0 unspecified atom stereocenters. The average molecular weight is 382 g/mol. The van der Waals surface area contributed by atoms with Crippen LogP contribution in [0.1, 0.15) is 21.7 Å². The van der Waals surface area contributed by atoms with Gasteiger partial charge in [0.15, 0.2) is 5.78 Å². The van der Waals surface area contributed by atoms with Gasteiger partial charge in [0.1, 0.15) is 17.1 Å². The number of Topliss-reactive ketones (excluding diaryl/α,β-unsaturated/α-hetero) is 1. The minimum Gasteiger partial charge on any atom is -0.468 e. The highest BCUT2D eigenvalue weighted by Gasteiger charge is 2.22. The lowest BCUT2D eigenvalue weighted by molar-refractivity contribution is 0.0937. The summed E-state index contributed by atoms with van der Waals surface area (Å²) in [6.45, 7) is 0.536. The van der Waals surface area contributed by atoms with E-state index in [-0.39, 0.29) is 24.5 Å². The van der Waals surface area contributed by atoms with Crippen LogP contribution in [-0.2, 0) is 20.1 Å². The first-order valence-electron chi connectivity index (χ1n) is 8.76. The van der Waals surface area contributed by atoms with Crippen LogP contribution in [0.4, 0.5) is 5.82 Å². The van der Waals surface area contributed by atoms with Gasteiger partial charge in [0.25, 0.3) is 5.56 Å². The lowest BCUT2D eigenvalue weighted by atomic mass is 10.1. The molecular formula is C20H22N4O4. The van der Waals surface area contributed by atoms with E-state index in [1.807, 2.05) is 30.3 Å². The number of nitrogens with zero attached hydrogens (tertiary/aromatic N) is 3. The second-order valence-electron chi connectivity index (χ2n) is 6.65. The van der Waals surface area contributed by atoms with Gasteiger partial charge in [-0.2, -0.15) is 0 Å². The Hall–Kier alpha value is -3.39. The molecule has 0 amide bonds. The maximum absolute atomic E-state index is 12.8. The highest BCUT2D eigenvalue weighted by atomic mass is 16.3. The lowest BCUT2D eigenvalue weighted by Crippen LogP contribution is -2.44. The van der Waals surface area contributed by atoms with Crippen molar-refractivity contribution in [3.63, 3.8) is 0 Å². The van der Waals surface area contributed by atoms with Gasteiger partial charge in [-0.25, -0.2) is 4.79 Å². The summed E-state index contributed by atoms with van der Waals surface area (Å²) in [6.07, 6.45) is 1.55. The summed E-state index contributed by atoms with van der Waals surface area (Å²) in [5.41, 5.74) is 5.51. The van der Waals surface area contributed by atoms with Crippen molar-refractivity contribution in [3.8, 4) is 0 Å². The maximum atomic E-state index is 12.8. The number of benzene rings is 1. The molecule has 146 valence electrons. The minimum atomic E-state index is -0.691. The number of likely N-dealkylation sites (N-methyl/N-ethyl adjacent to an activating group) is 1. The Kier molecular flexibility index (Phi) is 5.60. The number of anilines is 1. The van der Waals surface area contributed by atoms with Crippen LogP contribution in [0.25, 0.3) is 0 Å². The predicted molar refractivity (Wildman–Crippen MR) is 105 cm³/mol. The third-order valence-electron chi connectivity index (χ3n) is 4.47. The average Bonchev–Trinajstić information content (AvgIpc) is 3.17. The van der Waals surface area contributed by atoms with Gasteiger partial charge in [-0.1, -0.05) is 30.3 Å². The molecule has 0 bridgehead atoms. The van der Waals surface area contributed by atoms with Crippen LogP contribution in [0.2, 0.25) is 0 Å². The lowest BCUT2D eigenvalue weighted by Gasteiger charge is -2.17. The fourth-order valence-corrected chi connectivity index (χ4v) is 3.01. The number of nitrogens with two attached hydrogens (primary N) is 1. The summed E-state index contributed by atoms with van der Waals surface area (Å²) >= 11 is 0. The standard InChI is InChI=1S/C20H22N4O4/c1-22(12-15-9-6-10-28-15)13-16(25)17-18(21)24(20(27)23(2)19(17)26)11-14-7-4-3-5-8-14/h3-10H,11-13,21H2,1-2H3. The molecule has 0 saturated carbocycles. The molecule has 2 aromatic heterocycles. The van der Waals surface area contributed by atoms with Gasteiger partial charge in [0.05, 0.1) is 25.9 Å². The Morgan fingerprint density at radius 3 is 2.50 bits per heavy atom. The number of hydrogen-bond donors (Lipinski definition) is 1. The topological polar surface area (TPSA) is 103 Å². The van der Waals surface area contributed by atoms with E-state index >= 15 is 0 Å². The van der Waals surface area contributed by atoms with E-state index < -0.39 is 17.0 Å².